The largest absolute Gasteiger partial charge is 0.466 e. The standard InChI is InChI=1S/C20H21ClN2O2/c1-11(24)25-5-4-12-6-13-8-14(7-12)19-18(9-13)23-17-10-15(21)2-3-16(17)20(19)22/h2-3,6,10,13-14H,4-5,7-9H2,1H3,(H2,22,23). The minimum absolute atomic E-state index is 0.222. The van der Waals surface area contributed by atoms with E-state index >= 15 is 0 Å². The number of hydrogen-bond donors (Lipinski definition) is 1. The zero-order valence-electron chi connectivity index (χ0n) is 14.2. The van der Waals surface area contributed by atoms with Crippen LogP contribution in [0.25, 0.3) is 10.9 Å². The van der Waals surface area contributed by atoms with Gasteiger partial charge in [-0.05, 0) is 49.3 Å². The van der Waals surface area contributed by atoms with Crippen LogP contribution in [0.5, 0.6) is 0 Å². The van der Waals surface area contributed by atoms with Crippen LogP contribution in [0.2, 0.25) is 5.02 Å². The number of aromatic nitrogens is 1. The lowest BCUT2D eigenvalue weighted by molar-refractivity contribution is -0.140. The van der Waals surface area contributed by atoms with E-state index in [1.807, 2.05) is 18.2 Å². The third kappa shape index (κ3) is 3.11. The smallest absolute Gasteiger partial charge is 0.302 e. The number of carbonyl (C=O) groups excluding carboxylic acids is 1. The van der Waals surface area contributed by atoms with E-state index in [2.05, 4.69) is 6.08 Å². The molecule has 0 aliphatic heterocycles. The van der Waals surface area contributed by atoms with Gasteiger partial charge in [-0.3, -0.25) is 9.78 Å². The maximum Gasteiger partial charge on any atom is 0.302 e. The van der Waals surface area contributed by atoms with E-state index in [9.17, 15) is 4.79 Å². The number of hydrogen-bond acceptors (Lipinski definition) is 4. The molecule has 1 aromatic carbocycles. The van der Waals surface area contributed by atoms with E-state index in [-0.39, 0.29) is 5.97 Å². The van der Waals surface area contributed by atoms with Crippen LogP contribution in [0.3, 0.4) is 0 Å². The zero-order valence-corrected chi connectivity index (χ0v) is 15.0. The summed E-state index contributed by atoms with van der Waals surface area (Å²) in [4.78, 5) is 15.8. The summed E-state index contributed by atoms with van der Waals surface area (Å²) in [7, 11) is 0. The van der Waals surface area contributed by atoms with Crippen molar-refractivity contribution in [2.75, 3.05) is 12.3 Å². The van der Waals surface area contributed by atoms with E-state index in [4.69, 9.17) is 27.1 Å². The van der Waals surface area contributed by atoms with Crippen molar-refractivity contribution in [2.24, 2.45) is 5.92 Å². The molecule has 2 N–H and O–H groups in total. The Bertz CT molecular complexity index is 891. The molecule has 25 heavy (non-hydrogen) atoms. The summed E-state index contributed by atoms with van der Waals surface area (Å²) < 4.78 is 5.10. The number of nitrogens with zero attached hydrogens (tertiary/aromatic N) is 1. The van der Waals surface area contributed by atoms with Crippen LogP contribution in [0.1, 0.15) is 43.4 Å². The van der Waals surface area contributed by atoms with Gasteiger partial charge in [0.05, 0.1) is 12.1 Å². The number of pyridine rings is 1. The van der Waals surface area contributed by atoms with Gasteiger partial charge in [-0.15, -0.1) is 0 Å². The molecule has 0 amide bonds. The van der Waals surface area contributed by atoms with Crippen molar-refractivity contribution in [3.05, 3.63) is 46.1 Å². The summed E-state index contributed by atoms with van der Waals surface area (Å²) in [6.45, 7) is 1.90. The molecule has 2 unspecified atom stereocenters. The molecule has 130 valence electrons. The van der Waals surface area contributed by atoms with Gasteiger partial charge in [-0.1, -0.05) is 23.3 Å². The number of allylic oxidation sites excluding steroid dienone is 1. The van der Waals surface area contributed by atoms with Crippen molar-refractivity contribution < 1.29 is 9.53 Å². The van der Waals surface area contributed by atoms with Crippen LogP contribution in [0, 0.1) is 5.92 Å². The van der Waals surface area contributed by atoms with Crippen molar-refractivity contribution in [3.8, 4) is 0 Å². The zero-order chi connectivity index (χ0) is 17.6. The Morgan fingerprint density at radius 3 is 3.04 bits per heavy atom. The van der Waals surface area contributed by atoms with Gasteiger partial charge >= 0.3 is 5.97 Å². The van der Waals surface area contributed by atoms with Crippen molar-refractivity contribution in [2.45, 2.75) is 38.5 Å². The molecular formula is C20H21ClN2O2. The van der Waals surface area contributed by atoms with Gasteiger partial charge in [0.1, 0.15) is 0 Å². The Balaban J connectivity index is 1.66. The Hall–Kier alpha value is -2.07. The Morgan fingerprint density at radius 1 is 1.40 bits per heavy atom. The average molecular weight is 357 g/mol. The van der Waals surface area contributed by atoms with Gasteiger partial charge in [-0.2, -0.15) is 0 Å². The monoisotopic (exact) mass is 356 g/mol. The van der Waals surface area contributed by atoms with Gasteiger partial charge in [0.25, 0.3) is 0 Å². The summed E-state index contributed by atoms with van der Waals surface area (Å²) in [5.41, 5.74) is 12.0. The second-order valence-electron chi connectivity index (χ2n) is 7.06. The number of anilines is 1. The van der Waals surface area contributed by atoms with Gasteiger partial charge in [-0.25, -0.2) is 0 Å². The minimum Gasteiger partial charge on any atom is -0.466 e. The first-order chi connectivity index (χ1) is 12.0. The third-order valence-electron chi connectivity index (χ3n) is 5.27. The second-order valence-corrected chi connectivity index (χ2v) is 7.50. The van der Waals surface area contributed by atoms with Crippen molar-refractivity contribution in [1.82, 2.24) is 4.98 Å². The molecule has 4 rings (SSSR count). The molecular weight excluding hydrogens is 336 g/mol. The first kappa shape index (κ1) is 16.4. The summed E-state index contributed by atoms with van der Waals surface area (Å²) in [6, 6.07) is 5.72. The Labute approximate surface area is 152 Å². The lowest BCUT2D eigenvalue weighted by Crippen LogP contribution is -2.25. The molecule has 4 nitrogen and oxygen atoms in total. The quantitative estimate of drug-likeness (QED) is 0.654. The molecule has 2 atom stereocenters. The highest BCUT2D eigenvalue weighted by molar-refractivity contribution is 6.31. The number of benzene rings is 1. The fourth-order valence-corrected chi connectivity index (χ4v) is 4.47. The SMILES string of the molecule is CC(=O)OCCC1=CC2Cc3nc4cc(Cl)ccc4c(N)c3C(C1)C2. The molecule has 1 heterocycles. The highest BCUT2D eigenvalue weighted by Crippen LogP contribution is 2.47. The van der Waals surface area contributed by atoms with E-state index in [1.165, 1.54) is 18.1 Å². The third-order valence-corrected chi connectivity index (χ3v) is 5.50. The number of nitrogen functional groups attached to an aromatic ring is 1. The first-order valence-corrected chi connectivity index (χ1v) is 9.09. The molecule has 0 radical (unpaired) electrons. The molecule has 1 aromatic heterocycles. The van der Waals surface area contributed by atoms with E-state index in [0.717, 1.165) is 48.0 Å². The molecule has 0 fully saturated rings. The maximum absolute atomic E-state index is 11.0. The molecule has 2 aliphatic rings. The summed E-state index contributed by atoms with van der Waals surface area (Å²) in [5.74, 6) is 0.668. The number of nitrogens with two attached hydrogens (primary N) is 1. The van der Waals surface area contributed by atoms with Crippen LogP contribution in [-0.2, 0) is 16.0 Å². The molecule has 0 spiro atoms. The topological polar surface area (TPSA) is 65.2 Å². The molecule has 2 bridgehead atoms. The van der Waals surface area contributed by atoms with Gasteiger partial charge < -0.3 is 10.5 Å². The lowest BCUT2D eigenvalue weighted by Gasteiger charge is -2.36. The average Bonchev–Trinajstić information content (AvgIpc) is 2.53. The fraction of sp³-hybridized carbons (Fsp3) is 0.400. The van der Waals surface area contributed by atoms with Crippen LogP contribution in [0.4, 0.5) is 5.69 Å². The van der Waals surface area contributed by atoms with E-state index in [0.29, 0.717) is 23.5 Å². The number of esters is 1. The minimum atomic E-state index is -0.222. The molecule has 0 saturated heterocycles. The summed E-state index contributed by atoms with van der Waals surface area (Å²) in [5, 5.41) is 1.67. The number of rotatable bonds is 3. The predicted octanol–water partition coefficient (Wildman–Crippen LogP) is 4.40. The highest BCUT2D eigenvalue weighted by Gasteiger charge is 2.33. The first-order valence-electron chi connectivity index (χ1n) is 8.71. The van der Waals surface area contributed by atoms with E-state index < -0.39 is 0 Å². The highest BCUT2D eigenvalue weighted by atomic mass is 35.5. The lowest BCUT2D eigenvalue weighted by atomic mass is 9.70. The van der Waals surface area contributed by atoms with Crippen molar-refractivity contribution in [1.29, 1.82) is 0 Å². The summed E-state index contributed by atoms with van der Waals surface area (Å²) in [6.07, 6.45) is 6.15. The normalized spacial score (nSPS) is 21.6. The van der Waals surface area contributed by atoms with Crippen LogP contribution in [0.15, 0.2) is 29.8 Å². The number of carbonyl (C=O) groups is 1. The second kappa shape index (κ2) is 6.34. The molecule has 2 aromatic rings. The Morgan fingerprint density at radius 2 is 2.24 bits per heavy atom. The van der Waals surface area contributed by atoms with Gasteiger partial charge in [0, 0.05) is 40.7 Å². The molecule has 0 saturated carbocycles. The van der Waals surface area contributed by atoms with Crippen molar-refractivity contribution in [3.63, 3.8) is 0 Å². The molecule has 2 aliphatic carbocycles. The number of ether oxygens (including phenoxy) is 1. The van der Waals surface area contributed by atoms with Crippen LogP contribution < -0.4 is 5.73 Å². The van der Waals surface area contributed by atoms with Gasteiger partial charge in [0.15, 0.2) is 0 Å². The maximum atomic E-state index is 11.0. The van der Waals surface area contributed by atoms with Crippen molar-refractivity contribution >= 4 is 34.2 Å². The molecule has 5 heteroatoms. The number of halogens is 1. The fourth-order valence-electron chi connectivity index (χ4n) is 4.30. The van der Waals surface area contributed by atoms with Crippen LogP contribution >= 0.6 is 11.6 Å². The van der Waals surface area contributed by atoms with E-state index in [1.54, 1.807) is 0 Å². The van der Waals surface area contributed by atoms with Gasteiger partial charge in [0.2, 0.25) is 0 Å². The Kier molecular flexibility index (Phi) is 4.16. The number of fused-ring (bicyclic) bond motifs is 5. The summed E-state index contributed by atoms with van der Waals surface area (Å²) >= 11 is 6.11. The van der Waals surface area contributed by atoms with Crippen LogP contribution in [-0.4, -0.2) is 17.6 Å². The predicted molar refractivity (Wildman–Crippen MR) is 99.7 cm³/mol.